The number of fused-ring (bicyclic) bond motifs is 1. The molecule has 0 fully saturated rings. The molecular formula is C21H23NO3. The van der Waals surface area contributed by atoms with Crippen LogP contribution in [-0.4, -0.2) is 24.3 Å². The highest BCUT2D eigenvalue weighted by Gasteiger charge is 2.29. The van der Waals surface area contributed by atoms with Crippen LogP contribution in [0.5, 0.6) is 5.75 Å². The zero-order valence-corrected chi connectivity index (χ0v) is 14.7. The Balaban J connectivity index is 1.49. The maximum atomic E-state index is 12.6. The maximum absolute atomic E-state index is 12.6. The van der Waals surface area contributed by atoms with E-state index in [1.165, 1.54) is 5.56 Å². The largest absolute Gasteiger partial charge is 0.494 e. The highest BCUT2D eigenvalue weighted by Crippen LogP contribution is 2.32. The number of ketones is 1. The van der Waals surface area contributed by atoms with Gasteiger partial charge in [-0.2, -0.15) is 0 Å². The number of rotatable bonds is 6. The third-order valence-corrected chi connectivity index (χ3v) is 4.54. The van der Waals surface area contributed by atoms with Gasteiger partial charge >= 0.3 is 0 Å². The van der Waals surface area contributed by atoms with E-state index >= 15 is 0 Å². The monoisotopic (exact) mass is 337 g/mol. The lowest BCUT2D eigenvalue weighted by atomic mass is 10.1. The summed E-state index contributed by atoms with van der Waals surface area (Å²) >= 11 is 0. The standard InChI is InChI=1S/C21H23NO3/c1-15-14-18-6-3-4-7-20(18)22(15)21(24)8-5-13-25-19-11-9-17(10-12-19)16(2)23/h3-4,6-7,9-12,15H,5,8,13-14H2,1-2H3. The Hall–Kier alpha value is -2.62. The van der Waals surface area contributed by atoms with E-state index in [1.807, 2.05) is 23.1 Å². The van der Waals surface area contributed by atoms with Crippen LogP contribution in [0, 0.1) is 0 Å². The minimum Gasteiger partial charge on any atom is -0.494 e. The topological polar surface area (TPSA) is 46.6 Å². The van der Waals surface area contributed by atoms with Crippen LogP contribution in [0.4, 0.5) is 5.69 Å². The van der Waals surface area contributed by atoms with Crippen LogP contribution in [0.2, 0.25) is 0 Å². The molecule has 1 amide bonds. The van der Waals surface area contributed by atoms with Crippen molar-refractivity contribution in [1.82, 2.24) is 0 Å². The summed E-state index contributed by atoms with van der Waals surface area (Å²) in [7, 11) is 0. The quantitative estimate of drug-likeness (QED) is 0.591. The zero-order valence-electron chi connectivity index (χ0n) is 14.7. The lowest BCUT2D eigenvalue weighted by molar-refractivity contribution is -0.119. The fourth-order valence-electron chi connectivity index (χ4n) is 3.27. The molecule has 0 N–H and O–H groups in total. The third kappa shape index (κ3) is 3.90. The van der Waals surface area contributed by atoms with E-state index in [-0.39, 0.29) is 17.7 Å². The number of carbonyl (C=O) groups excluding carboxylic acids is 2. The van der Waals surface area contributed by atoms with Crippen molar-refractivity contribution in [1.29, 1.82) is 0 Å². The number of carbonyl (C=O) groups is 2. The zero-order chi connectivity index (χ0) is 17.8. The van der Waals surface area contributed by atoms with Crippen LogP contribution in [0.25, 0.3) is 0 Å². The number of Topliss-reactive ketones (excluding diaryl/α,β-unsaturated/α-hetero) is 1. The minimum absolute atomic E-state index is 0.0390. The summed E-state index contributed by atoms with van der Waals surface area (Å²) in [5.74, 6) is 0.905. The summed E-state index contributed by atoms with van der Waals surface area (Å²) in [5.41, 5.74) is 2.95. The van der Waals surface area contributed by atoms with Gasteiger partial charge in [0.1, 0.15) is 5.75 Å². The molecule has 1 heterocycles. The molecule has 0 bridgehead atoms. The summed E-state index contributed by atoms with van der Waals surface area (Å²) in [6, 6.07) is 15.4. The van der Waals surface area contributed by atoms with Gasteiger partial charge in [-0.05, 0) is 62.6 Å². The molecular weight excluding hydrogens is 314 g/mol. The van der Waals surface area contributed by atoms with Crippen molar-refractivity contribution in [2.75, 3.05) is 11.5 Å². The normalized spacial score (nSPS) is 15.8. The molecule has 2 aromatic carbocycles. The summed E-state index contributed by atoms with van der Waals surface area (Å²) in [4.78, 5) is 25.7. The van der Waals surface area contributed by atoms with Crippen molar-refractivity contribution in [3.63, 3.8) is 0 Å². The second-order valence-electron chi connectivity index (χ2n) is 6.48. The fraction of sp³-hybridized carbons (Fsp3) is 0.333. The molecule has 1 atom stereocenters. The molecule has 0 saturated heterocycles. The van der Waals surface area contributed by atoms with E-state index in [0.29, 0.717) is 25.0 Å². The van der Waals surface area contributed by atoms with Crippen molar-refractivity contribution >= 4 is 17.4 Å². The molecule has 0 saturated carbocycles. The van der Waals surface area contributed by atoms with Gasteiger partial charge in [0.25, 0.3) is 0 Å². The molecule has 1 unspecified atom stereocenters. The third-order valence-electron chi connectivity index (χ3n) is 4.54. The van der Waals surface area contributed by atoms with Gasteiger partial charge in [0.05, 0.1) is 6.61 Å². The Labute approximate surface area is 148 Å². The van der Waals surface area contributed by atoms with Crippen LogP contribution < -0.4 is 9.64 Å². The second kappa shape index (κ2) is 7.51. The lowest BCUT2D eigenvalue weighted by Crippen LogP contribution is -2.35. The van der Waals surface area contributed by atoms with Gasteiger partial charge in [-0.15, -0.1) is 0 Å². The van der Waals surface area contributed by atoms with Crippen molar-refractivity contribution in [2.45, 2.75) is 39.2 Å². The minimum atomic E-state index is 0.0390. The van der Waals surface area contributed by atoms with Gasteiger partial charge in [-0.1, -0.05) is 18.2 Å². The van der Waals surface area contributed by atoms with E-state index in [9.17, 15) is 9.59 Å². The highest BCUT2D eigenvalue weighted by molar-refractivity contribution is 5.96. The number of hydrogen-bond acceptors (Lipinski definition) is 3. The molecule has 3 rings (SSSR count). The predicted octanol–water partition coefficient (Wildman–Crippen LogP) is 4.03. The first kappa shape index (κ1) is 17.2. The van der Waals surface area contributed by atoms with Crippen LogP contribution in [-0.2, 0) is 11.2 Å². The molecule has 1 aliphatic heterocycles. The van der Waals surface area contributed by atoms with Gasteiger partial charge in [-0.25, -0.2) is 0 Å². The molecule has 0 aliphatic carbocycles. The number of hydrogen-bond donors (Lipinski definition) is 0. The van der Waals surface area contributed by atoms with Crippen molar-refractivity contribution in [3.8, 4) is 5.75 Å². The highest BCUT2D eigenvalue weighted by atomic mass is 16.5. The summed E-state index contributed by atoms with van der Waals surface area (Å²) in [6.45, 7) is 4.11. The van der Waals surface area contributed by atoms with Crippen molar-refractivity contribution < 1.29 is 14.3 Å². The van der Waals surface area contributed by atoms with Crippen molar-refractivity contribution in [3.05, 3.63) is 59.7 Å². The molecule has 130 valence electrons. The van der Waals surface area contributed by atoms with Crippen LogP contribution in [0.1, 0.15) is 42.6 Å². The number of anilines is 1. The van der Waals surface area contributed by atoms with Gasteiger partial charge in [0, 0.05) is 23.7 Å². The van der Waals surface area contributed by atoms with E-state index in [0.717, 1.165) is 17.9 Å². The number of ether oxygens (including phenoxy) is 1. The van der Waals surface area contributed by atoms with Crippen LogP contribution in [0.3, 0.4) is 0 Å². The Morgan fingerprint density at radius 2 is 1.84 bits per heavy atom. The SMILES string of the molecule is CC(=O)c1ccc(OCCCC(=O)N2c3ccccc3CC2C)cc1. The number of amides is 1. The van der Waals surface area contributed by atoms with Gasteiger partial charge in [0.15, 0.2) is 5.78 Å². The Morgan fingerprint density at radius 1 is 1.12 bits per heavy atom. The van der Waals surface area contributed by atoms with E-state index < -0.39 is 0 Å². The average molecular weight is 337 g/mol. The smallest absolute Gasteiger partial charge is 0.227 e. The van der Waals surface area contributed by atoms with Gasteiger partial charge in [-0.3, -0.25) is 9.59 Å². The fourth-order valence-corrected chi connectivity index (χ4v) is 3.27. The van der Waals surface area contributed by atoms with Crippen molar-refractivity contribution in [2.24, 2.45) is 0 Å². The summed E-state index contributed by atoms with van der Waals surface area (Å²) in [6.07, 6.45) is 2.05. The molecule has 4 heteroatoms. The summed E-state index contributed by atoms with van der Waals surface area (Å²) in [5, 5.41) is 0. The Bertz CT molecular complexity index is 767. The molecule has 0 spiro atoms. The second-order valence-corrected chi connectivity index (χ2v) is 6.48. The number of para-hydroxylation sites is 1. The molecule has 25 heavy (non-hydrogen) atoms. The maximum Gasteiger partial charge on any atom is 0.227 e. The van der Waals surface area contributed by atoms with Gasteiger partial charge < -0.3 is 9.64 Å². The lowest BCUT2D eigenvalue weighted by Gasteiger charge is -2.22. The predicted molar refractivity (Wildman–Crippen MR) is 98.3 cm³/mol. The van der Waals surface area contributed by atoms with Gasteiger partial charge in [0.2, 0.25) is 5.91 Å². The van der Waals surface area contributed by atoms with E-state index in [2.05, 4.69) is 13.0 Å². The van der Waals surface area contributed by atoms with Crippen LogP contribution in [0.15, 0.2) is 48.5 Å². The molecule has 1 aliphatic rings. The Kier molecular flexibility index (Phi) is 5.17. The average Bonchev–Trinajstić information content (AvgIpc) is 2.94. The van der Waals surface area contributed by atoms with E-state index in [4.69, 9.17) is 4.74 Å². The van der Waals surface area contributed by atoms with E-state index in [1.54, 1.807) is 31.2 Å². The molecule has 2 aromatic rings. The molecule has 4 nitrogen and oxygen atoms in total. The first-order chi connectivity index (χ1) is 12.1. The Morgan fingerprint density at radius 3 is 2.56 bits per heavy atom. The number of benzene rings is 2. The molecule has 0 radical (unpaired) electrons. The molecule has 0 aromatic heterocycles. The van der Waals surface area contributed by atoms with Crippen LogP contribution >= 0.6 is 0 Å². The number of nitrogens with zero attached hydrogens (tertiary/aromatic N) is 1. The summed E-state index contributed by atoms with van der Waals surface area (Å²) < 4.78 is 5.67. The first-order valence-corrected chi connectivity index (χ1v) is 8.70. The first-order valence-electron chi connectivity index (χ1n) is 8.70.